The van der Waals surface area contributed by atoms with Gasteiger partial charge in [-0.2, -0.15) is 0 Å². The Hall–Kier alpha value is -0.0400. The summed E-state index contributed by atoms with van der Waals surface area (Å²) >= 11 is 0. The van der Waals surface area contributed by atoms with Crippen molar-refractivity contribution in [3.63, 3.8) is 0 Å². The number of ether oxygens (including phenoxy) is 1. The Morgan fingerprint density at radius 3 is 2.89 bits per heavy atom. The third kappa shape index (κ3) is 0.787. The Bertz CT molecular complexity index is 109. The molecule has 0 bridgehead atoms. The highest BCUT2D eigenvalue weighted by molar-refractivity contribution is 4.88. The molecule has 0 aromatic heterocycles. The smallest absolute Gasteiger partial charge is 0.0497 e. The average molecular weight is 126 g/mol. The largest absolute Gasteiger partial charge is 0.381 e. The van der Waals surface area contributed by atoms with Crippen molar-refractivity contribution in [2.45, 2.75) is 19.8 Å². The van der Waals surface area contributed by atoms with Crippen molar-refractivity contribution in [3.05, 3.63) is 0 Å². The van der Waals surface area contributed by atoms with Gasteiger partial charge in [0.25, 0.3) is 0 Å². The summed E-state index contributed by atoms with van der Waals surface area (Å²) in [7, 11) is 0. The molecule has 0 radical (unpaired) electrons. The Morgan fingerprint density at radius 1 is 1.44 bits per heavy atom. The van der Waals surface area contributed by atoms with Crippen LogP contribution in [-0.4, -0.2) is 13.2 Å². The normalized spacial score (nSPS) is 49.7. The second-order valence-electron chi connectivity index (χ2n) is 3.50. The van der Waals surface area contributed by atoms with Gasteiger partial charge in [0.15, 0.2) is 0 Å². The molecule has 1 aliphatic carbocycles. The number of rotatable bonds is 0. The molecular formula is C8H14O. The Balaban J connectivity index is 1.94. The molecule has 0 spiro atoms. The standard InChI is InChI=1S/C8H14O/c1-6-4-7-5-9-3-2-8(6)7/h6-8H,2-5H2,1H3. The second kappa shape index (κ2) is 1.98. The molecule has 2 fully saturated rings. The van der Waals surface area contributed by atoms with Crippen molar-refractivity contribution in [2.75, 3.05) is 13.2 Å². The number of hydrogen-bond donors (Lipinski definition) is 0. The molecule has 1 aliphatic heterocycles. The zero-order valence-corrected chi connectivity index (χ0v) is 5.97. The number of fused-ring (bicyclic) bond motifs is 1. The van der Waals surface area contributed by atoms with Crippen LogP contribution in [0, 0.1) is 17.8 Å². The third-order valence-electron chi connectivity index (χ3n) is 2.94. The lowest BCUT2D eigenvalue weighted by Gasteiger charge is -2.46. The fraction of sp³-hybridized carbons (Fsp3) is 1.00. The SMILES string of the molecule is CC1CC2COCCC12. The first-order chi connectivity index (χ1) is 4.38. The van der Waals surface area contributed by atoms with Crippen LogP contribution in [0.2, 0.25) is 0 Å². The summed E-state index contributed by atoms with van der Waals surface area (Å²) in [6.07, 6.45) is 2.75. The van der Waals surface area contributed by atoms with Gasteiger partial charge in [0, 0.05) is 13.2 Å². The van der Waals surface area contributed by atoms with E-state index in [2.05, 4.69) is 6.92 Å². The summed E-state index contributed by atoms with van der Waals surface area (Å²) in [5, 5.41) is 0. The molecule has 1 heterocycles. The topological polar surface area (TPSA) is 9.23 Å². The van der Waals surface area contributed by atoms with Crippen molar-refractivity contribution in [3.8, 4) is 0 Å². The monoisotopic (exact) mass is 126 g/mol. The summed E-state index contributed by atoms with van der Waals surface area (Å²) in [5.74, 6) is 2.96. The molecule has 1 saturated carbocycles. The summed E-state index contributed by atoms with van der Waals surface area (Å²) < 4.78 is 5.35. The number of hydrogen-bond acceptors (Lipinski definition) is 1. The predicted octanol–water partition coefficient (Wildman–Crippen LogP) is 1.68. The van der Waals surface area contributed by atoms with Gasteiger partial charge in [-0.3, -0.25) is 0 Å². The molecule has 9 heavy (non-hydrogen) atoms. The van der Waals surface area contributed by atoms with Crippen molar-refractivity contribution < 1.29 is 4.74 Å². The first kappa shape index (κ1) is 5.72. The molecule has 0 N–H and O–H groups in total. The van der Waals surface area contributed by atoms with Gasteiger partial charge in [0.05, 0.1) is 0 Å². The van der Waals surface area contributed by atoms with E-state index >= 15 is 0 Å². The molecule has 0 amide bonds. The van der Waals surface area contributed by atoms with Gasteiger partial charge in [-0.25, -0.2) is 0 Å². The predicted molar refractivity (Wildman–Crippen MR) is 36.2 cm³/mol. The van der Waals surface area contributed by atoms with E-state index in [9.17, 15) is 0 Å². The quantitative estimate of drug-likeness (QED) is 0.480. The third-order valence-corrected chi connectivity index (χ3v) is 2.94. The van der Waals surface area contributed by atoms with Gasteiger partial charge in [-0.15, -0.1) is 0 Å². The Labute approximate surface area is 56.4 Å². The highest BCUT2D eigenvalue weighted by Gasteiger charge is 2.39. The van der Waals surface area contributed by atoms with Crippen LogP contribution < -0.4 is 0 Å². The zero-order chi connectivity index (χ0) is 6.27. The summed E-state index contributed by atoms with van der Waals surface area (Å²) in [6, 6.07) is 0. The molecule has 1 saturated heterocycles. The minimum Gasteiger partial charge on any atom is -0.381 e. The van der Waals surface area contributed by atoms with Crippen LogP contribution in [0.1, 0.15) is 19.8 Å². The van der Waals surface area contributed by atoms with Crippen LogP contribution in [0.25, 0.3) is 0 Å². The van der Waals surface area contributed by atoms with Crippen LogP contribution in [0.15, 0.2) is 0 Å². The van der Waals surface area contributed by atoms with E-state index in [1.165, 1.54) is 12.8 Å². The van der Waals surface area contributed by atoms with E-state index in [0.29, 0.717) is 0 Å². The highest BCUT2D eigenvalue weighted by atomic mass is 16.5. The van der Waals surface area contributed by atoms with Crippen LogP contribution in [0.4, 0.5) is 0 Å². The molecule has 0 aromatic rings. The van der Waals surface area contributed by atoms with Gasteiger partial charge in [-0.1, -0.05) is 6.92 Å². The fourth-order valence-electron chi connectivity index (χ4n) is 2.26. The van der Waals surface area contributed by atoms with Gasteiger partial charge < -0.3 is 4.74 Å². The van der Waals surface area contributed by atoms with Gasteiger partial charge >= 0.3 is 0 Å². The lowest BCUT2D eigenvalue weighted by atomic mass is 9.64. The molecule has 1 nitrogen and oxygen atoms in total. The second-order valence-corrected chi connectivity index (χ2v) is 3.50. The zero-order valence-electron chi connectivity index (χ0n) is 5.97. The van der Waals surface area contributed by atoms with E-state index in [1.54, 1.807) is 0 Å². The first-order valence-electron chi connectivity index (χ1n) is 3.95. The molecule has 3 atom stereocenters. The minimum absolute atomic E-state index is 0.939. The molecule has 3 unspecified atom stereocenters. The average Bonchev–Trinajstić information content (AvgIpc) is 1.86. The van der Waals surface area contributed by atoms with E-state index in [1.807, 2.05) is 0 Å². The Kier molecular flexibility index (Phi) is 1.26. The van der Waals surface area contributed by atoms with Crippen molar-refractivity contribution in [1.82, 2.24) is 0 Å². The van der Waals surface area contributed by atoms with Crippen molar-refractivity contribution in [1.29, 1.82) is 0 Å². The van der Waals surface area contributed by atoms with E-state index in [-0.39, 0.29) is 0 Å². The molecule has 0 aromatic carbocycles. The maximum Gasteiger partial charge on any atom is 0.0497 e. The van der Waals surface area contributed by atoms with Crippen LogP contribution >= 0.6 is 0 Å². The first-order valence-corrected chi connectivity index (χ1v) is 3.95. The lowest BCUT2D eigenvalue weighted by Crippen LogP contribution is -2.41. The molecular weight excluding hydrogens is 112 g/mol. The van der Waals surface area contributed by atoms with Crippen molar-refractivity contribution in [2.24, 2.45) is 17.8 Å². The van der Waals surface area contributed by atoms with Crippen molar-refractivity contribution >= 4 is 0 Å². The molecule has 1 heteroatoms. The van der Waals surface area contributed by atoms with Gasteiger partial charge in [-0.05, 0) is 30.6 Å². The van der Waals surface area contributed by atoms with Gasteiger partial charge in [0.2, 0.25) is 0 Å². The maximum absolute atomic E-state index is 5.35. The van der Waals surface area contributed by atoms with E-state index in [0.717, 1.165) is 31.0 Å². The van der Waals surface area contributed by atoms with Gasteiger partial charge in [0.1, 0.15) is 0 Å². The van der Waals surface area contributed by atoms with Crippen LogP contribution in [0.3, 0.4) is 0 Å². The molecule has 52 valence electrons. The summed E-state index contributed by atoms with van der Waals surface area (Å²) in [5.41, 5.74) is 0. The fourth-order valence-corrected chi connectivity index (χ4v) is 2.26. The molecule has 2 aliphatic rings. The van der Waals surface area contributed by atoms with Crippen LogP contribution in [-0.2, 0) is 4.74 Å². The summed E-state index contributed by atoms with van der Waals surface area (Å²) in [4.78, 5) is 0. The van der Waals surface area contributed by atoms with E-state index < -0.39 is 0 Å². The lowest BCUT2D eigenvalue weighted by molar-refractivity contribution is -0.0662. The molecule has 2 rings (SSSR count). The summed E-state index contributed by atoms with van der Waals surface area (Å²) in [6.45, 7) is 4.44. The van der Waals surface area contributed by atoms with E-state index in [4.69, 9.17) is 4.74 Å². The van der Waals surface area contributed by atoms with Crippen LogP contribution in [0.5, 0.6) is 0 Å². The Morgan fingerprint density at radius 2 is 2.33 bits per heavy atom. The highest BCUT2D eigenvalue weighted by Crippen LogP contribution is 2.44. The minimum atomic E-state index is 0.939. The maximum atomic E-state index is 5.35.